The number of ether oxygens (including phenoxy) is 2. The summed E-state index contributed by atoms with van der Waals surface area (Å²) in [4.78, 5) is 28.5. The second-order valence-electron chi connectivity index (χ2n) is 8.40. The molecule has 9 heteroatoms. The molecule has 3 aromatic carbocycles. The zero-order chi connectivity index (χ0) is 25.9. The molecule has 0 saturated carbocycles. The van der Waals surface area contributed by atoms with Crippen LogP contribution in [0, 0.1) is 0 Å². The van der Waals surface area contributed by atoms with Gasteiger partial charge in [-0.05, 0) is 60.5 Å². The molecule has 4 aromatic rings. The van der Waals surface area contributed by atoms with Crippen molar-refractivity contribution in [2.75, 3.05) is 11.9 Å². The summed E-state index contributed by atoms with van der Waals surface area (Å²) < 4.78 is 11.5. The molecule has 7 nitrogen and oxygen atoms in total. The third-order valence-corrected chi connectivity index (χ3v) is 6.47. The molecule has 1 atom stereocenters. The Morgan fingerprint density at radius 2 is 1.73 bits per heavy atom. The molecular weight excluding hydrogens is 515 g/mol. The van der Waals surface area contributed by atoms with Gasteiger partial charge in [0.2, 0.25) is 0 Å². The van der Waals surface area contributed by atoms with E-state index in [0.29, 0.717) is 52.1 Å². The first-order chi connectivity index (χ1) is 17.9. The molecule has 2 N–H and O–H groups in total. The number of carbonyl (C=O) groups excluding carboxylic acids is 1. The summed E-state index contributed by atoms with van der Waals surface area (Å²) in [5.41, 5.74) is 3.28. The molecule has 0 saturated heterocycles. The van der Waals surface area contributed by atoms with Crippen LogP contribution in [0.4, 0.5) is 5.69 Å². The molecule has 1 aliphatic rings. The standard InChI is InChI=1S/C28H20Cl2N2O5/c29-19-5-1-16(2-6-19)18-11-20(15-31-14-18)32-27(33)17-3-7-21(8-4-17)37-26-13-25-23(12-24(26)30)22(28(34)35)9-10-36-25/h1-8,11-15,22H,9-10H2,(H,32,33)(H,34,35). The Balaban J connectivity index is 1.28. The van der Waals surface area contributed by atoms with Crippen molar-refractivity contribution in [1.29, 1.82) is 0 Å². The van der Waals surface area contributed by atoms with Crippen molar-refractivity contribution in [3.63, 3.8) is 0 Å². The molecule has 186 valence electrons. The maximum atomic E-state index is 12.8. The lowest BCUT2D eigenvalue weighted by Gasteiger charge is -2.24. The average molecular weight is 535 g/mol. The van der Waals surface area contributed by atoms with Gasteiger partial charge >= 0.3 is 5.97 Å². The quantitative estimate of drug-likeness (QED) is 0.275. The summed E-state index contributed by atoms with van der Waals surface area (Å²) >= 11 is 12.3. The fourth-order valence-corrected chi connectivity index (χ4v) is 4.37. The molecule has 37 heavy (non-hydrogen) atoms. The maximum Gasteiger partial charge on any atom is 0.311 e. The average Bonchev–Trinajstić information content (AvgIpc) is 2.89. The van der Waals surface area contributed by atoms with Gasteiger partial charge in [-0.25, -0.2) is 0 Å². The highest BCUT2D eigenvalue weighted by atomic mass is 35.5. The molecule has 2 heterocycles. The van der Waals surface area contributed by atoms with Gasteiger partial charge in [0, 0.05) is 34.0 Å². The van der Waals surface area contributed by atoms with E-state index >= 15 is 0 Å². The fourth-order valence-electron chi connectivity index (χ4n) is 4.04. The van der Waals surface area contributed by atoms with Gasteiger partial charge in [0.25, 0.3) is 5.91 Å². The van der Waals surface area contributed by atoms with Crippen LogP contribution in [0.15, 0.2) is 79.1 Å². The second kappa shape index (κ2) is 10.5. The highest BCUT2D eigenvalue weighted by Crippen LogP contribution is 2.41. The molecule has 0 fully saturated rings. The topological polar surface area (TPSA) is 97.8 Å². The van der Waals surface area contributed by atoms with Crippen molar-refractivity contribution in [1.82, 2.24) is 4.98 Å². The number of fused-ring (bicyclic) bond motifs is 1. The summed E-state index contributed by atoms with van der Waals surface area (Å²) in [7, 11) is 0. The van der Waals surface area contributed by atoms with E-state index < -0.39 is 11.9 Å². The van der Waals surface area contributed by atoms with Crippen LogP contribution >= 0.6 is 23.2 Å². The number of hydrogen-bond donors (Lipinski definition) is 2. The van der Waals surface area contributed by atoms with E-state index in [4.69, 9.17) is 32.7 Å². The number of rotatable bonds is 6. The largest absolute Gasteiger partial charge is 0.493 e. The molecule has 1 aromatic heterocycles. The van der Waals surface area contributed by atoms with Gasteiger partial charge in [0.05, 0.1) is 29.4 Å². The normalized spacial score (nSPS) is 14.3. The Labute approximate surface area is 222 Å². The number of carboxylic acid groups (broad SMARTS) is 1. The van der Waals surface area contributed by atoms with E-state index in [9.17, 15) is 14.7 Å². The highest BCUT2D eigenvalue weighted by molar-refractivity contribution is 6.32. The monoisotopic (exact) mass is 534 g/mol. The van der Waals surface area contributed by atoms with Crippen molar-refractivity contribution < 1.29 is 24.2 Å². The molecule has 1 aliphatic heterocycles. The number of nitrogens with zero attached hydrogens (tertiary/aromatic N) is 1. The number of hydrogen-bond acceptors (Lipinski definition) is 5. The van der Waals surface area contributed by atoms with Crippen LogP contribution in [-0.4, -0.2) is 28.6 Å². The number of carbonyl (C=O) groups is 2. The second-order valence-corrected chi connectivity index (χ2v) is 9.24. The molecular formula is C28H20Cl2N2O5. The number of pyridine rings is 1. The summed E-state index contributed by atoms with van der Waals surface area (Å²) in [6, 6.07) is 18.9. The number of aliphatic carboxylic acids is 1. The van der Waals surface area contributed by atoms with Gasteiger partial charge in [-0.2, -0.15) is 0 Å². The Bertz CT molecular complexity index is 1470. The molecule has 0 spiro atoms. The predicted molar refractivity (Wildman–Crippen MR) is 141 cm³/mol. The molecule has 0 aliphatic carbocycles. The van der Waals surface area contributed by atoms with Crippen LogP contribution in [0.5, 0.6) is 17.2 Å². The van der Waals surface area contributed by atoms with E-state index in [1.54, 1.807) is 60.9 Å². The van der Waals surface area contributed by atoms with Gasteiger partial charge in [-0.3, -0.25) is 14.6 Å². The number of anilines is 1. The number of halogens is 2. The molecule has 1 unspecified atom stereocenters. The van der Waals surface area contributed by atoms with E-state index in [1.807, 2.05) is 18.2 Å². The lowest BCUT2D eigenvalue weighted by molar-refractivity contribution is -0.139. The minimum absolute atomic E-state index is 0.269. The van der Waals surface area contributed by atoms with E-state index in [2.05, 4.69) is 10.3 Å². The summed E-state index contributed by atoms with van der Waals surface area (Å²) in [5.74, 6) is -0.681. The zero-order valence-corrected chi connectivity index (χ0v) is 20.8. The first-order valence-electron chi connectivity index (χ1n) is 11.4. The van der Waals surface area contributed by atoms with Gasteiger partial charge < -0.3 is 19.9 Å². The molecule has 0 bridgehead atoms. The molecule has 0 radical (unpaired) electrons. The first kappa shape index (κ1) is 24.6. The van der Waals surface area contributed by atoms with Gasteiger partial charge in [-0.15, -0.1) is 0 Å². The highest BCUT2D eigenvalue weighted by Gasteiger charge is 2.29. The Morgan fingerprint density at radius 1 is 0.973 bits per heavy atom. The van der Waals surface area contributed by atoms with Gasteiger partial charge in [-0.1, -0.05) is 35.3 Å². The van der Waals surface area contributed by atoms with Crippen molar-refractivity contribution in [2.45, 2.75) is 12.3 Å². The number of amides is 1. The number of aromatic nitrogens is 1. The SMILES string of the molecule is O=C(Nc1cncc(-c2ccc(Cl)cc2)c1)c1ccc(Oc2cc3c(cc2Cl)C(C(=O)O)CCO3)cc1. The minimum Gasteiger partial charge on any atom is -0.493 e. The van der Waals surface area contributed by atoms with Crippen molar-refractivity contribution in [3.05, 3.63) is 100 Å². The lowest BCUT2D eigenvalue weighted by atomic mass is 9.93. The Morgan fingerprint density at radius 3 is 2.46 bits per heavy atom. The first-order valence-corrected chi connectivity index (χ1v) is 12.1. The van der Waals surface area contributed by atoms with E-state index in [1.165, 1.54) is 0 Å². The maximum absolute atomic E-state index is 12.8. The summed E-state index contributed by atoms with van der Waals surface area (Å²) in [6.45, 7) is 0.299. The molecule has 5 rings (SSSR count). The van der Waals surface area contributed by atoms with Gasteiger partial charge in [0.1, 0.15) is 17.2 Å². The van der Waals surface area contributed by atoms with Gasteiger partial charge in [0.15, 0.2) is 0 Å². The summed E-state index contributed by atoms with van der Waals surface area (Å²) in [6.07, 6.45) is 3.66. The Kier molecular flexibility index (Phi) is 6.99. The van der Waals surface area contributed by atoms with Crippen LogP contribution < -0.4 is 14.8 Å². The number of benzene rings is 3. The number of nitrogens with one attached hydrogen (secondary N) is 1. The van der Waals surface area contributed by atoms with Crippen LogP contribution in [-0.2, 0) is 4.79 Å². The lowest BCUT2D eigenvalue weighted by Crippen LogP contribution is -2.20. The van der Waals surface area contributed by atoms with E-state index in [0.717, 1.165) is 11.1 Å². The van der Waals surface area contributed by atoms with Crippen molar-refractivity contribution in [3.8, 4) is 28.4 Å². The third kappa shape index (κ3) is 5.53. The van der Waals surface area contributed by atoms with E-state index in [-0.39, 0.29) is 10.9 Å². The smallest absolute Gasteiger partial charge is 0.311 e. The van der Waals surface area contributed by atoms with Crippen molar-refractivity contribution in [2.24, 2.45) is 0 Å². The fraction of sp³-hybridized carbons (Fsp3) is 0.107. The molecule has 1 amide bonds. The predicted octanol–water partition coefficient (Wildman–Crippen LogP) is 7.05. The third-order valence-electron chi connectivity index (χ3n) is 5.92. The number of carboxylic acids is 1. The minimum atomic E-state index is -0.921. The zero-order valence-electron chi connectivity index (χ0n) is 19.3. The Hall–Kier alpha value is -4.07. The van der Waals surface area contributed by atoms with Crippen LogP contribution in [0.1, 0.15) is 28.3 Å². The van der Waals surface area contributed by atoms with Crippen LogP contribution in [0.2, 0.25) is 10.0 Å². The van der Waals surface area contributed by atoms with Crippen LogP contribution in [0.25, 0.3) is 11.1 Å². The summed E-state index contributed by atoms with van der Waals surface area (Å²) in [5, 5.41) is 13.2. The van der Waals surface area contributed by atoms with Crippen molar-refractivity contribution >= 4 is 40.8 Å². The van der Waals surface area contributed by atoms with Crippen LogP contribution in [0.3, 0.4) is 0 Å².